The average molecular weight is 337 g/mol. The van der Waals surface area contributed by atoms with Crippen molar-refractivity contribution in [3.63, 3.8) is 0 Å². The lowest BCUT2D eigenvalue weighted by atomic mass is 10.0. The molecule has 3 heterocycles. The number of likely N-dealkylation sites (tertiary alicyclic amines) is 1. The normalized spacial score (nSPS) is 27.3. The maximum absolute atomic E-state index is 12.5. The summed E-state index contributed by atoms with van der Waals surface area (Å²) >= 11 is 1.63. The van der Waals surface area contributed by atoms with E-state index in [9.17, 15) is 9.90 Å². The van der Waals surface area contributed by atoms with Crippen LogP contribution in [0.1, 0.15) is 12.8 Å². The molecule has 2 saturated heterocycles. The Bertz CT molecular complexity index is 575. The lowest BCUT2D eigenvalue weighted by molar-refractivity contribution is -0.147. The largest absolute Gasteiger partial charge is 0.485 e. The SMILES string of the molecule is CN(C)c1ncccc1O[C@H]1CCN(C(=O)[C@@]2(O)CCSC2)C1. The summed E-state index contributed by atoms with van der Waals surface area (Å²) in [6, 6.07) is 3.74. The minimum Gasteiger partial charge on any atom is -0.485 e. The van der Waals surface area contributed by atoms with Crippen molar-refractivity contribution < 1.29 is 14.6 Å². The summed E-state index contributed by atoms with van der Waals surface area (Å²) < 4.78 is 6.06. The monoisotopic (exact) mass is 337 g/mol. The zero-order valence-electron chi connectivity index (χ0n) is 13.6. The molecule has 1 aromatic rings. The van der Waals surface area contributed by atoms with Crippen LogP contribution in [0.3, 0.4) is 0 Å². The number of rotatable bonds is 4. The fourth-order valence-corrected chi connectivity index (χ4v) is 4.25. The van der Waals surface area contributed by atoms with Gasteiger partial charge >= 0.3 is 0 Å². The van der Waals surface area contributed by atoms with Crippen LogP contribution in [0.5, 0.6) is 5.75 Å². The second-order valence-electron chi connectivity index (χ2n) is 6.33. The van der Waals surface area contributed by atoms with Crippen LogP contribution < -0.4 is 9.64 Å². The van der Waals surface area contributed by atoms with Gasteiger partial charge in [0, 0.05) is 39.0 Å². The molecule has 23 heavy (non-hydrogen) atoms. The number of carbonyl (C=O) groups excluding carboxylic acids is 1. The molecule has 0 aliphatic carbocycles. The van der Waals surface area contributed by atoms with E-state index in [2.05, 4.69) is 4.98 Å². The number of aromatic nitrogens is 1. The van der Waals surface area contributed by atoms with Crippen molar-refractivity contribution in [1.82, 2.24) is 9.88 Å². The van der Waals surface area contributed by atoms with Crippen molar-refractivity contribution in [2.24, 2.45) is 0 Å². The third-order valence-corrected chi connectivity index (χ3v) is 5.47. The van der Waals surface area contributed by atoms with Crippen molar-refractivity contribution in [2.45, 2.75) is 24.5 Å². The molecule has 7 heteroatoms. The highest BCUT2D eigenvalue weighted by Gasteiger charge is 2.44. The van der Waals surface area contributed by atoms with E-state index < -0.39 is 5.60 Å². The molecule has 0 saturated carbocycles. The first kappa shape index (κ1) is 16.4. The number of nitrogens with zero attached hydrogens (tertiary/aromatic N) is 3. The summed E-state index contributed by atoms with van der Waals surface area (Å²) in [5, 5.41) is 10.4. The minimum absolute atomic E-state index is 0.0560. The van der Waals surface area contributed by atoms with Gasteiger partial charge in [-0.05, 0) is 24.3 Å². The highest BCUT2D eigenvalue weighted by Crippen LogP contribution is 2.32. The molecule has 126 valence electrons. The van der Waals surface area contributed by atoms with Crippen LogP contribution in [0.25, 0.3) is 0 Å². The standard InChI is InChI=1S/C16H23N3O3S/c1-18(2)14-13(4-3-7-17-14)22-12-5-8-19(10-12)15(20)16(21)6-9-23-11-16/h3-4,7,12,21H,5-6,8-11H2,1-2H3/t12-,16+/m0/s1. The molecule has 2 aliphatic heterocycles. The Morgan fingerprint density at radius 1 is 1.57 bits per heavy atom. The molecule has 0 radical (unpaired) electrons. The summed E-state index contributed by atoms with van der Waals surface area (Å²) in [6.07, 6.45) is 3.00. The Morgan fingerprint density at radius 2 is 2.39 bits per heavy atom. The van der Waals surface area contributed by atoms with Crippen LogP contribution in [-0.2, 0) is 4.79 Å². The van der Waals surface area contributed by atoms with Gasteiger partial charge in [0.15, 0.2) is 17.2 Å². The number of ether oxygens (including phenoxy) is 1. The smallest absolute Gasteiger partial charge is 0.255 e. The van der Waals surface area contributed by atoms with Gasteiger partial charge in [-0.3, -0.25) is 4.79 Å². The number of amides is 1. The number of pyridine rings is 1. The summed E-state index contributed by atoms with van der Waals surface area (Å²) in [5.41, 5.74) is -1.18. The quantitative estimate of drug-likeness (QED) is 0.884. The average Bonchev–Trinajstić information content (AvgIpc) is 3.17. The molecule has 2 fully saturated rings. The molecule has 1 aromatic heterocycles. The van der Waals surface area contributed by atoms with Gasteiger partial charge < -0.3 is 19.6 Å². The van der Waals surface area contributed by atoms with E-state index >= 15 is 0 Å². The molecule has 0 aromatic carbocycles. The van der Waals surface area contributed by atoms with Gasteiger partial charge in [-0.15, -0.1) is 0 Å². The highest BCUT2D eigenvalue weighted by molar-refractivity contribution is 7.99. The van der Waals surface area contributed by atoms with Crippen molar-refractivity contribution in [3.05, 3.63) is 18.3 Å². The van der Waals surface area contributed by atoms with Crippen molar-refractivity contribution in [2.75, 3.05) is 43.6 Å². The van der Waals surface area contributed by atoms with Gasteiger partial charge in [0.05, 0.1) is 6.54 Å². The predicted octanol–water partition coefficient (Wildman–Crippen LogP) is 0.995. The highest BCUT2D eigenvalue weighted by atomic mass is 32.2. The first-order valence-electron chi connectivity index (χ1n) is 7.88. The lowest BCUT2D eigenvalue weighted by Gasteiger charge is -2.27. The van der Waals surface area contributed by atoms with E-state index in [1.807, 2.05) is 31.1 Å². The number of carbonyl (C=O) groups is 1. The zero-order chi connectivity index (χ0) is 16.4. The maximum atomic E-state index is 12.5. The Kier molecular flexibility index (Phi) is 4.68. The molecule has 0 unspecified atom stereocenters. The molecule has 2 atom stereocenters. The number of aliphatic hydroxyl groups is 1. The first-order valence-corrected chi connectivity index (χ1v) is 9.03. The van der Waals surface area contributed by atoms with Crippen molar-refractivity contribution in [1.29, 1.82) is 0 Å². The van der Waals surface area contributed by atoms with Gasteiger partial charge in [-0.1, -0.05) is 0 Å². The van der Waals surface area contributed by atoms with E-state index in [0.29, 0.717) is 25.3 Å². The van der Waals surface area contributed by atoms with Crippen LogP contribution in [0, 0.1) is 0 Å². The van der Waals surface area contributed by atoms with E-state index in [-0.39, 0.29) is 12.0 Å². The van der Waals surface area contributed by atoms with Crippen molar-refractivity contribution >= 4 is 23.5 Å². The predicted molar refractivity (Wildman–Crippen MR) is 91.1 cm³/mol. The Labute approximate surface area is 140 Å². The number of hydrogen-bond acceptors (Lipinski definition) is 6. The molecular weight excluding hydrogens is 314 g/mol. The van der Waals surface area contributed by atoms with Crippen LogP contribution in [0.2, 0.25) is 0 Å². The third kappa shape index (κ3) is 3.40. The molecule has 0 spiro atoms. The maximum Gasteiger partial charge on any atom is 0.255 e. The van der Waals surface area contributed by atoms with E-state index in [1.165, 1.54) is 0 Å². The summed E-state index contributed by atoms with van der Waals surface area (Å²) in [6.45, 7) is 1.15. The van der Waals surface area contributed by atoms with Gasteiger partial charge in [0.25, 0.3) is 5.91 Å². The zero-order valence-corrected chi connectivity index (χ0v) is 14.4. The summed E-state index contributed by atoms with van der Waals surface area (Å²) in [7, 11) is 3.85. The van der Waals surface area contributed by atoms with Crippen LogP contribution in [-0.4, -0.2) is 71.3 Å². The van der Waals surface area contributed by atoms with Gasteiger partial charge in [-0.2, -0.15) is 11.8 Å². The molecule has 3 rings (SSSR count). The number of anilines is 1. The fourth-order valence-electron chi connectivity index (χ4n) is 3.02. The van der Waals surface area contributed by atoms with Crippen LogP contribution >= 0.6 is 11.8 Å². The molecule has 1 amide bonds. The minimum atomic E-state index is -1.18. The molecular formula is C16H23N3O3S. The molecule has 1 N–H and O–H groups in total. The number of hydrogen-bond donors (Lipinski definition) is 1. The molecule has 6 nitrogen and oxygen atoms in total. The Hall–Kier alpha value is -1.47. The van der Waals surface area contributed by atoms with Gasteiger partial charge in [0.1, 0.15) is 6.10 Å². The van der Waals surface area contributed by atoms with Crippen molar-refractivity contribution in [3.8, 4) is 5.75 Å². The first-order chi connectivity index (χ1) is 11.0. The van der Waals surface area contributed by atoms with E-state index in [4.69, 9.17) is 4.74 Å². The third-order valence-electron chi connectivity index (χ3n) is 4.30. The van der Waals surface area contributed by atoms with Gasteiger partial charge in [0.2, 0.25) is 0 Å². The van der Waals surface area contributed by atoms with Crippen LogP contribution in [0.4, 0.5) is 5.82 Å². The lowest BCUT2D eigenvalue weighted by Crippen LogP contribution is -2.48. The Morgan fingerprint density at radius 3 is 3.09 bits per heavy atom. The fraction of sp³-hybridized carbons (Fsp3) is 0.625. The van der Waals surface area contributed by atoms with E-state index in [0.717, 1.165) is 23.7 Å². The second kappa shape index (κ2) is 6.57. The summed E-state index contributed by atoms with van der Waals surface area (Å²) in [4.78, 5) is 20.5. The summed E-state index contributed by atoms with van der Waals surface area (Å²) in [5.74, 6) is 2.71. The molecule has 0 bridgehead atoms. The topological polar surface area (TPSA) is 65.9 Å². The Balaban J connectivity index is 1.63. The van der Waals surface area contributed by atoms with Crippen LogP contribution in [0.15, 0.2) is 18.3 Å². The number of thioether (sulfide) groups is 1. The second-order valence-corrected chi connectivity index (χ2v) is 7.44. The van der Waals surface area contributed by atoms with E-state index in [1.54, 1.807) is 22.9 Å². The molecule has 2 aliphatic rings. The van der Waals surface area contributed by atoms with Gasteiger partial charge in [-0.25, -0.2) is 4.98 Å².